The van der Waals surface area contributed by atoms with Crippen molar-refractivity contribution in [1.82, 2.24) is 0 Å². The van der Waals surface area contributed by atoms with Gasteiger partial charge in [-0.1, -0.05) is 11.6 Å². The van der Waals surface area contributed by atoms with E-state index in [1.165, 1.54) is 43.5 Å². The molecule has 0 atom stereocenters. The number of non-ortho nitro benzene ring substituents is 1. The quantitative estimate of drug-likeness (QED) is 0.619. The van der Waals surface area contributed by atoms with E-state index < -0.39 is 10.7 Å². The second-order valence-electron chi connectivity index (χ2n) is 4.12. The molecular formula is C14H11ClFNO4. The topological polar surface area (TPSA) is 61.6 Å². The minimum atomic E-state index is -0.550. The van der Waals surface area contributed by atoms with E-state index in [9.17, 15) is 14.5 Å². The Morgan fingerprint density at radius 2 is 1.95 bits per heavy atom. The van der Waals surface area contributed by atoms with Crippen LogP contribution in [0.1, 0.15) is 5.56 Å². The molecule has 0 heterocycles. The molecule has 0 unspecified atom stereocenters. The van der Waals surface area contributed by atoms with Crippen molar-refractivity contribution in [3.05, 3.63) is 62.9 Å². The Labute approximate surface area is 125 Å². The summed E-state index contributed by atoms with van der Waals surface area (Å²) in [6.45, 7) is 0.0263. The van der Waals surface area contributed by atoms with Crippen molar-refractivity contribution in [2.75, 3.05) is 7.11 Å². The predicted octanol–water partition coefficient (Wildman–Crippen LogP) is 3.97. The number of ether oxygens (including phenoxy) is 2. The van der Waals surface area contributed by atoms with E-state index in [2.05, 4.69) is 0 Å². The Hall–Kier alpha value is -2.34. The zero-order chi connectivity index (χ0) is 15.4. The fourth-order valence-electron chi connectivity index (χ4n) is 1.74. The molecule has 110 valence electrons. The summed E-state index contributed by atoms with van der Waals surface area (Å²) in [4.78, 5) is 10.1. The van der Waals surface area contributed by atoms with E-state index in [1.807, 2.05) is 0 Å². The molecule has 0 amide bonds. The van der Waals surface area contributed by atoms with Gasteiger partial charge >= 0.3 is 0 Å². The third kappa shape index (κ3) is 3.61. The van der Waals surface area contributed by atoms with Crippen LogP contribution in [0.3, 0.4) is 0 Å². The van der Waals surface area contributed by atoms with Gasteiger partial charge in [-0.25, -0.2) is 4.39 Å². The summed E-state index contributed by atoms with van der Waals surface area (Å²) >= 11 is 5.91. The molecule has 2 rings (SSSR count). The largest absolute Gasteiger partial charge is 0.496 e. The number of nitro benzene ring substituents is 1. The van der Waals surface area contributed by atoms with Gasteiger partial charge in [0.2, 0.25) is 0 Å². The number of benzene rings is 2. The molecule has 0 aromatic heterocycles. The molecule has 0 N–H and O–H groups in total. The van der Waals surface area contributed by atoms with Crippen molar-refractivity contribution in [2.24, 2.45) is 0 Å². The average molecular weight is 312 g/mol. The summed E-state index contributed by atoms with van der Waals surface area (Å²) in [5, 5.41) is 10.7. The van der Waals surface area contributed by atoms with E-state index in [1.54, 1.807) is 0 Å². The summed E-state index contributed by atoms with van der Waals surface area (Å²) in [7, 11) is 1.47. The van der Waals surface area contributed by atoms with Crippen LogP contribution < -0.4 is 9.47 Å². The van der Waals surface area contributed by atoms with Gasteiger partial charge in [-0.05, 0) is 24.3 Å². The second kappa shape index (κ2) is 6.41. The van der Waals surface area contributed by atoms with Crippen LogP contribution in [0.25, 0.3) is 0 Å². The first kappa shape index (κ1) is 15.1. The molecule has 21 heavy (non-hydrogen) atoms. The van der Waals surface area contributed by atoms with Gasteiger partial charge in [-0.3, -0.25) is 10.1 Å². The highest BCUT2D eigenvalue weighted by atomic mass is 35.5. The Morgan fingerprint density at radius 1 is 1.24 bits per heavy atom. The van der Waals surface area contributed by atoms with Crippen LogP contribution in [0.4, 0.5) is 10.1 Å². The zero-order valence-electron chi connectivity index (χ0n) is 11.0. The van der Waals surface area contributed by atoms with Gasteiger partial charge in [0.1, 0.15) is 23.9 Å². The molecule has 0 aliphatic carbocycles. The molecule has 0 radical (unpaired) electrons. The van der Waals surface area contributed by atoms with Crippen LogP contribution in [-0.4, -0.2) is 12.0 Å². The first-order valence-corrected chi connectivity index (χ1v) is 6.28. The van der Waals surface area contributed by atoms with Gasteiger partial charge in [-0.2, -0.15) is 0 Å². The minimum absolute atomic E-state index is 0.0263. The maximum atomic E-state index is 13.2. The number of hydrogen-bond donors (Lipinski definition) is 0. The molecule has 5 nitrogen and oxygen atoms in total. The van der Waals surface area contributed by atoms with Crippen LogP contribution in [0, 0.1) is 15.9 Å². The van der Waals surface area contributed by atoms with Gasteiger partial charge in [0.05, 0.1) is 17.1 Å². The van der Waals surface area contributed by atoms with E-state index in [0.29, 0.717) is 11.3 Å². The maximum Gasteiger partial charge on any atom is 0.271 e. The number of nitrogens with zero attached hydrogens (tertiary/aromatic N) is 1. The highest BCUT2D eigenvalue weighted by Crippen LogP contribution is 2.30. The molecule has 0 aliphatic rings. The number of halogens is 2. The first-order valence-electron chi connectivity index (χ1n) is 5.90. The first-order chi connectivity index (χ1) is 10.0. The van der Waals surface area contributed by atoms with Gasteiger partial charge in [0.15, 0.2) is 0 Å². The van der Waals surface area contributed by atoms with Crippen molar-refractivity contribution < 1.29 is 18.8 Å². The van der Waals surface area contributed by atoms with Gasteiger partial charge in [0.25, 0.3) is 5.69 Å². The van der Waals surface area contributed by atoms with Crippen molar-refractivity contribution in [3.8, 4) is 11.5 Å². The maximum absolute atomic E-state index is 13.2. The summed E-state index contributed by atoms with van der Waals surface area (Å²) < 4.78 is 23.8. The SMILES string of the molecule is COc1ccc(F)cc1COc1ccc([N+](=O)[O-])cc1Cl. The molecule has 2 aromatic rings. The average Bonchev–Trinajstić information content (AvgIpc) is 2.46. The highest BCUT2D eigenvalue weighted by Gasteiger charge is 2.11. The minimum Gasteiger partial charge on any atom is -0.496 e. The summed E-state index contributed by atoms with van der Waals surface area (Å²) in [5.74, 6) is 0.340. The van der Waals surface area contributed by atoms with Crippen LogP contribution in [0.2, 0.25) is 5.02 Å². The predicted molar refractivity (Wildman–Crippen MR) is 75.4 cm³/mol. The Bertz CT molecular complexity index is 678. The lowest BCUT2D eigenvalue weighted by atomic mass is 10.2. The summed E-state index contributed by atoms with van der Waals surface area (Å²) in [6, 6.07) is 7.93. The Balaban J connectivity index is 2.17. The third-order valence-corrected chi connectivity index (χ3v) is 3.05. The lowest BCUT2D eigenvalue weighted by Crippen LogP contribution is -2.00. The number of methoxy groups -OCH3 is 1. The zero-order valence-corrected chi connectivity index (χ0v) is 11.8. The van der Waals surface area contributed by atoms with Gasteiger partial charge in [-0.15, -0.1) is 0 Å². The Kier molecular flexibility index (Phi) is 4.59. The Morgan fingerprint density at radius 3 is 2.57 bits per heavy atom. The monoisotopic (exact) mass is 311 g/mol. The molecule has 0 saturated carbocycles. The van der Waals surface area contributed by atoms with Gasteiger partial charge < -0.3 is 9.47 Å². The van der Waals surface area contributed by atoms with Crippen LogP contribution in [-0.2, 0) is 6.61 Å². The fraction of sp³-hybridized carbons (Fsp3) is 0.143. The molecule has 0 fully saturated rings. The molecule has 7 heteroatoms. The van der Waals surface area contributed by atoms with Gasteiger partial charge in [0, 0.05) is 17.7 Å². The fourth-order valence-corrected chi connectivity index (χ4v) is 1.97. The van der Waals surface area contributed by atoms with E-state index in [4.69, 9.17) is 21.1 Å². The standard InChI is InChI=1S/C14H11ClFNO4/c1-20-13-4-2-10(16)6-9(13)8-21-14-5-3-11(17(18)19)7-12(14)15/h2-7H,8H2,1H3. The molecule has 2 aromatic carbocycles. The lowest BCUT2D eigenvalue weighted by molar-refractivity contribution is -0.384. The number of rotatable bonds is 5. The van der Waals surface area contributed by atoms with Crippen molar-refractivity contribution in [3.63, 3.8) is 0 Å². The third-order valence-electron chi connectivity index (χ3n) is 2.75. The van der Waals surface area contributed by atoms with E-state index >= 15 is 0 Å². The van der Waals surface area contributed by atoms with E-state index in [0.717, 1.165) is 0 Å². The molecular weight excluding hydrogens is 301 g/mol. The van der Waals surface area contributed by atoms with E-state index in [-0.39, 0.29) is 23.1 Å². The van der Waals surface area contributed by atoms with Crippen LogP contribution in [0.15, 0.2) is 36.4 Å². The highest BCUT2D eigenvalue weighted by molar-refractivity contribution is 6.32. The lowest BCUT2D eigenvalue weighted by Gasteiger charge is -2.11. The molecule has 0 bridgehead atoms. The van der Waals surface area contributed by atoms with Crippen molar-refractivity contribution in [2.45, 2.75) is 6.61 Å². The summed E-state index contributed by atoms with van der Waals surface area (Å²) in [5.41, 5.74) is 0.377. The number of nitro groups is 1. The molecule has 0 saturated heterocycles. The van der Waals surface area contributed by atoms with Crippen molar-refractivity contribution in [1.29, 1.82) is 0 Å². The van der Waals surface area contributed by atoms with Crippen LogP contribution >= 0.6 is 11.6 Å². The number of hydrogen-bond acceptors (Lipinski definition) is 4. The molecule has 0 aliphatic heterocycles. The smallest absolute Gasteiger partial charge is 0.271 e. The normalized spacial score (nSPS) is 10.2. The second-order valence-corrected chi connectivity index (χ2v) is 4.52. The van der Waals surface area contributed by atoms with Crippen LogP contribution in [0.5, 0.6) is 11.5 Å². The molecule has 0 spiro atoms. The van der Waals surface area contributed by atoms with Crippen molar-refractivity contribution >= 4 is 17.3 Å². The summed E-state index contributed by atoms with van der Waals surface area (Å²) in [6.07, 6.45) is 0.